The van der Waals surface area contributed by atoms with Crippen LogP contribution in [0.1, 0.15) is 77.6 Å². The molecule has 2 aliphatic heterocycles. The monoisotopic (exact) mass is 747 g/mol. The first kappa shape index (κ1) is 37.6. The van der Waals surface area contributed by atoms with Gasteiger partial charge < -0.3 is 34.8 Å². The molecule has 0 spiro atoms. The molecule has 0 aliphatic carbocycles. The first-order valence-electron chi connectivity index (χ1n) is 18.9. The van der Waals surface area contributed by atoms with Gasteiger partial charge in [-0.2, -0.15) is 0 Å². The molecule has 7 rings (SSSR count). The summed E-state index contributed by atoms with van der Waals surface area (Å²) < 4.78 is 10.3. The molecule has 2 aliphatic rings. The average molecular weight is 748 g/mol. The third-order valence-corrected chi connectivity index (χ3v) is 10.3. The number of methoxy groups -OCH3 is 1. The number of likely N-dealkylation sites (tertiary alicyclic amines) is 2. The Morgan fingerprint density at radius 2 is 1.42 bits per heavy atom. The van der Waals surface area contributed by atoms with E-state index < -0.39 is 36.0 Å². The maximum absolute atomic E-state index is 13.6. The molecule has 5 aromatic rings. The number of H-pyrrole nitrogens is 2. The number of fused-ring (bicyclic) bond motifs is 1. The van der Waals surface area contributed by atoms with E-state index >= 15 is 0 Å². The number of ether oxygens (including phenoxy) is 2. The normalized spacial score (nSPS) is 19.2. The van der Waals surface area contributed by atoms with Crippen molar-refractivity contribution in [2.24, 2.45) is 5.92 Å². The van der Waals surface area contributed by atoms with Crippen LogP contribution in [0.25, 0.3) is 44.4 Å². The number of alkyl carbamates (subject to hydrolysis) is 1. The second-order valence-electron chi connectivity index (χ2n) is 15.8. The number of imidazole rings is 2. The van der Waals surface area contributed by atoms with Crippen molar-refractivity contribution in [1.82, 2.24) is 35.1 Å². The Morgan fingerprint density at radius 3 is 2.05 bits per heavy atom. The van der Waals surface area contributed by atoms with Crippen molar-refractivity contribution in [3.8, 4) is 33.6 Å². The number of hydrogen-bond donors (Lipinski definition) is 4. The van der Waals surface area contributed by atoms with Gasteiger partial charge in [0, 0.05) is 18.5 Å². The molecule has 0 unspecified atom stereocenters. The van der Waals surface area contributed by atoms with E-state index in [-0.39, 0.29) is 24.4 Å². The molecule has 13 nitrogen and oxygen atoms in total. The van der Waals surface area contributed by atoms with Crippen LogP contribution in [0.4, 0.5) is 9.59 Å². The predicted molar refractivity (Wildman–Crippen MR) is 209 cm³/mol. The van der Waals surface area contributed by atoms with E-state index in [0.717, 1.165) is 63.1 Å². The Balaban J connectivity index is 1.04. The van der Waals surface area contributed by atoms with Crippen LogP contribution < -0.4 is 5.32 Å². The van der Waals surface area contributed by atoms with Crippen LogP contribution in [0.2, 0.25) is 0 Å². The fourth-order valence-corrected chi connectivity index (χ4v) is 7.53. The third kappa shape index (κ3) is 8.07. The van der Waals surface area contributed by atoms with E-state index in [1.54, 1.807) is 11.1 Å². The zero-order valence-electron chi connectivity index (χ0n) is 32.1. The summed E-state index contributed by atoms with van der Waals surface area (Å²) in [5, 5.41) is 15.3. The van der Waals surface area contributed by atoms with Gasteiger partial charge >= 0.3 is 12.2 Å². The van der Waals surface area contributed by atoms with Crippen LogP contribution in [-0.2, 0) is 14.3 Å². The number of aliphatic hydroxyl groups excluding tert-OH is 1. The Kier molecular flexibility index (Phi) is 10.4. The lowest BCUT2D eigenvalue weighted by atomic mass is 9.98. The van der Waals surface area contributed by atoms with Crippen LogP contribution >= 0.6 is 0 Å². The number of carbonyl (C=O) groups excluding carboxylic acids is 3. The van der Waals surface area contributed by atoms with E-state index in [1.807, 2.05) is 57.8 Å². The minimum absolute atomic E-state index is 0.104. The highest BCUT2D eigenvalue weighted by molar-refractivity contribution is 5.91. The molecule has 4 heterocycles. The Hall–Kier alpha value is -5.69. The fraction of sp³-hybridized carbons (Fsp3) is 0.405. The van der Waals surface area contributed by atoms with Gasteiger partial charge in [0.15, 0.2) is 0 Å². The molecule has 2 fully saturated rings. The van der Waals surface area contributed by atoms with Gasteiger partial charge in [-0.3, -0.25) is 9.69 Å². The number of rotatable bonds is 8. The summed E-state index contributed by atoms with van der Waals surface area (Å²) in [4.78, 5) is 57.9. The largest absolute Gasteiger partial charge is 0.453 e. The number of benzene rings is 3. The number of aromatic nitrogens is 4. The standard InChI is InChI=1S/C42H49N7O6/c1-24(2)36(47-40(52)54-6)39(51)48-17-7-8-34(48)37-43-22-33(46-37)30-16-15-28-18-27(13-14-29(28)19-30)25-9-11-26(12-10-25)32-21-44-38(45-32)35-20-31(50)23-49(35)41(53)55-42(3,4)5/h9-16,18-19,21-22,24,31,34-36,50H,7-8,17,20,23H2,1-6H3,(H,43,46)(H,44,45)(H,47,52)/t31-,34-,35-,36-/m0/s1. The van der Waals surface area contributed by atoms with Crippen molar-refractivity contribution < 1.29 is 29.0 Å². The smallest absolute Gasteiger partial charge is 0.411 e. The number of hydrogen-bond acceptors (Lipinski definition) is 8. The van der Waals surface area contributed by atoms with E-state index in [2.05, 4.69) is 68.8 Å². The van der Waals surface area contributed by atoms with Gasteiger partial charge in [0.05, 0.1) is 55.6 Å². The first-order chi connectivity index (χ1) is 26.3. The van der Waals surface area contributed by atoms with Crippen LogP contribution in [0.15, 0.2) is 73.1 Å². The highest BCUT2D eigenvalue weighted by atomic mass is 16.6. The molecule has 3 amide bonds. The molecule has 13 heteroatoms. The van der Waals surface area contributed by atoms with Gasteiger partial charge in [0.2, 0.25) is 5.91 Å². The topological polar surface area (TPSA) is 166 Å². The van der Waals surface area contributed by atoms with Gasteiger partial charge in [0.25, 0.3) is 0 Å². The zero-order chi connectivity index (χ0) is 39.0. The molecule has 0 radical (unpaired) electrons. The molecule has 4 atom stereocenters. The lowest BCUT2D eigenvalue weighted by Crippen LogP contribution is -2.51. The first-order valence-corrected chi connectivity index (χ1v) is 18.9. The molecule has 4 N–H and O–H groups in total. The van der Waals surface area contributed by atoms with Gasteiger partial charge in [0.1, 0.15) is 23.3 Å². The van der Waals surface area contributed by atoms with Gasteiger partial charge in [-0.1, -0.05) is 62.4 Å². The molecule has 288 valence electrons. The summed E-state index contributed by atoms with van der Waals surface area (Å²) in [5.41, 5.74) is 5.15. The highest BCUT2D eigenvalue weighted by Crippen LogP contribution is 2.36. The Bertz CT molecular complexity index is 2190. The second-order valence-corrected chi connectivity index (χ2v) is 15.8. The minimum atomic E-state index is -0.686. The summed E-state index contributed by atoms with van der Waals surface area (Å²) in [6.45, 7) is 10.1. The molecule has 2 aromatic heterocycles. The van der Waals surface area contributed by atoms with Crippen molar-refractivity contribution in [2.45, 2.75) is 83.7 Å². The van der Waals surface area contributed by atoms with Crippen LogP contribution in [0.5, 0.6) is 0 Å². The molecule has 55 heavy (non-hydrogen) atoms. The summed E-state index contributed by atoms with van der Waals surface area (Å²) in [6.07, 6.45) is 3.86. The molecule has 0 bridgehead atoms. The number of aliphatic hydroxyl groups is 1. The Morgan fingerprint density at radius 1 is 0.836 bits per heavy atom. The summed E-state index contributed by atoms with van der Waals surface area (Å²) in [6, 6.07) is 19.7. The maximum Gasteiger partial charge on any atom is 0.411 e. The van der Waals surface area contributed by atoms with Gasteiger partial charge in [-0.15, -0.1) is 0 Å². The van der Waals surface area contributed by atoms with Crippen LogP contribution in [0.3, 0.4) is 0 Å². The van der Waals surface area contributed by atoms with Crippen molar-refractivity contribution in [3.05, 3.63) is 84.7 Å². The number of β-amino-alcohol motifs (C(OH)–C–C–N with tert-alkyl or cyclic N) is 1. The molecular weight excluding hydrogens is 699 g/mol. The lowest BCUT2D eigenvalue weighted by Gasteiger charge is -2.30. The highest BCUT2D eigenvalue weighted by Gasteiger charge is 2.40. The number of nitrogens with zero attached hydrogens (tertiary/aromatic N) is 4. The number of aromatic amines is 2. The SMILES string of the molecule is COC(=O)N[C@H](C(=O)N1CCC[C@H]1c1ncc(-c2ccc3cc(-c4ccc(-c5cnc([C@@H]6C[C@H](O)CN6C(=O)OC(C)(C)C)[nH]5)cc4)ccc3c2)[nH]1)C(C)C. The average Bonchev–Trinajstić information content (AvgIpc) is 3.99. The number of amides is 3. The second kappa shape index (κ2) is 15.2. The summed E-state index contributed by atoms with van der Waals surface area (Å²) in [7, 11) is 1.29. The number of nitrogens with one attached hydrogen (secondary N) is 3. The van der Waals surface area contributed by atoms with E-state index in [0.29, 0.717) is 18.8 Å². The third-order valence-electron chi connectivity index (χ3n) is 10.3. The lowest BCUT2D eigenvalue weighted by molar-refractivity contribution is -0.135. The van der Waals surface area contributed by atoms with Crippen LogP contribution in [0, 0.1) is 5.92 Å². The maximum atomic E-state index is 13.6. The predicted octanol–water partition coefficient (Wildman–Crippen LogP) is 7.37. The van der Waals surface area contributed by atoms with Crippen molar-refractivity contribution >= 4 is 28.9 Å². The minimum Gasteiger partial charge on any atom is -0.453 e. The molecular formula is C42H49N7O6. The van der Waals surface area contributed by atoms with Crippen molar-refractivity contribution in [1.29, 1.82) is 0 Å². The fourth-order valence-electron chi connectivity index (χ4n) is 7.53. The summed E-state index contributed by atoms with van der Waals surface area (Å²) in [5.74, 6) is 1.10. The van der Waals surface area contributed by atoms with Crippen molar-refractivity contribution in [2.75, 3.05) is 20.2 Å². The van der Waals surface area contributed by atoms with Crippen molar-refractivity contribution in [3.63, 3.8) is 0 Å². The zero-order valence-corrected chi connectivity index (χ0v) is 32.1. The van der Waals surface area contributed by atoms with E-state index in [1.165, 1.54) is 7.11 Å². The quantitative estimate of drug-likeness (QED) is 0.128. The number of carbonyl (C=O) groups is 3. The van der Waals surface area contributed by atoms with Gasteiger partial charge in [-0.05, 0) is 79.1 Å². The van der Waals surface area contributed by atoms with Gasteiger partial charge in [-0.25, -0.2) is 19.6 Å². The van der Waals surface area contributed by atoms with E-state index in [4.69, 9.17) is 14.5 Å². The summed E-state index contributed by atoms with van der Waals surface area (Å²) >= 11 is 0. The van der Waals surface area contributed by atoms with E-state index in [9.17, 15) is 19.5 Å². The molecule has 0 saturated carbocycles. The molecule has 2 saturated heterocycles. The molecule has 3 aromatic carbocycles. The van der Waals surface area contributed by atoms with Crippen LogP contribution in [-0.4, -0.2) is 90.9 Å². The Labute approximate surface area is 320 Å².